The summed E-state index contributed by atoms with van der Waals surface area (Å²) in [4.78, 5) is 12.2. The van der Waals surface area contributed by atoms with Gasteiger partial charge in [-0.1, -0.05) is 60.7 Å². The molecule has 0 unspecified atom stereocenters. The lowest BCUT2D eigenvalue weighted by atomic mass is 10.1. The van der Waals surface area contributed by atoms with Crippen LogP contribution in [0.15, 0.2) is 95.4 Å². The SMILES string of the molecule is O=C(/C=C/c1ccc(-c2ccccc2)o1)Nc1ccc2ccccc2c1. The molecule has 126 valence electrons. The van der Waals surface area contributed by atoms with Crippen LogP contribution in [0, 0.1) is 0 Å². The maximum atomic E-state index is 12.2. The molecule has 0 fully saturated rings. The highest BCUT2D eigenvalue weighted by Gasteiger charge is 2.03. The molecule has 0 spiro atoms. The Morgan fingerprint density at radius 3 is 2.42 bits per heavy atom. The quantitative estimate of drug-likeness (QED) is 0.481. The topological polar surface area (TPSA) is 42.2 Å². The van der Waals surface area contributed by atoms with Gasteiger partial charge in [0.2, 0.25) is 5.91 Å². The number of fused-ring (bicyclic) bond motifs is 1. The Hall–Kier alpha value is -3.59. The van der Waals surface area contributed by atoms with Crippen LogP contribution in [0.3, 0.4) is 0 Å². The van der Waals surface area contributed by atoms with Crippen LogP contribution in [0.5, 0.6) is 0 Å². The first kappa shape index (κ1) is 15.9. The molecule has 0 aliphatic heterocycles. The van der Waals surface area contributed by atoms with Gasteiger partial charge < -0.3 is 9.73 Å². The number of nitrogens with one attached hydrogen (secondary N) is 1. The normalized spacial score (nSPS) is 11.1. The fourth-order valence-electron chi connectivity index (χ4n) is 2.81. The molecule has 3 nitrogen and oxygen atoms in total. The zero-order chi connectivity index (χ0) is 17.8. The summed E-state index contributed by atoms with van der Waals surface area (Å²) in [7, 11) is 0. The average Bonchev–Trinajstić information content (AvgIpc) is 3.16. The number of rotatable bonds is 4. The van der Waals surface area contributed by atoms with Gasteiger partial charge in [-0.05, 0) is 41.1 Å². The fourth-order valence-corrected chi connectivity index (χ4v) is 2.81. The minimum Gasteiger partial charge on any atom is -0.457 e. The molecule has 4 aromatic rings. The Labute approximate surface area is 151 Å². The number of carbonyl (C=O) groups excluding carboxylic acids is 1. The van der Waals surface area contributed by atoms with Gasteiger partial charge in [0.05, 0.1) is 0 Å². The lowest BCUT2D eigenvalue weighted by Gasteiger charge is -2.04. The Balaban J connectivity index is 1.45. The van der Waals surface area contributed by atoms with Gasteiger partial charge in [-0.25, -0.2) is 0 Å². The van der Waals surface area contributed by atoms with E-state index in [4.69, 9.17) is 4.42 Å². The summed E-state index contributed by atoms with van der Waals surface area (Å²) < 4.78 is 5.76. The van der Waals surface area contributed by atoms with Crippen LogP contribution in [-0.4, -0.2) is 5.91 Å². The molecule has 1 aromatic heterocycles. The van der Waals surface area contributed by atoms with Crippen molar-refractivity contribution in [3.63, 3.8) is 0 Å². The van der Waals surface area contributed by atoms with Crippen molar-refractivity contribution in [3.8, 4) is 11.3 Å². The first-order valence-corrected chi connectivity index (χ1v) is 8.41. The third-order valence-corrected chi connectivity index (χ3v) is 4.10. The predicted molar refractivity (Wildman–Crippen MR) is 106 cm³/mol. The summed E-state index contributed by atoms with van der Waals surface area (Å²) in [6.45, 7) is 0. The second-order valence-corrected chi connectivity index (χ2v) is 5.95. The largest absolute Gasteiger partial charge is 0.457 e. The monoisotopic (exact) mass is 339 g/mol. The number of benzene rings is 3. The zero-order valence-corrected chi connectivity index (χ0v) is 14.1. The van der Waals surface area contributed by atoms with Crippen molar-refractivity contribution in [2.75, 3.05) is 5.32 Å². The number of anilines is 1. The van der Waals surface area contributed by atoms with Gasteiger partial charge in [-0.2, -0.15) is 0 Å². The molecule has 1 heterocycles. The summed E-state index contributed by atoms with van der Waals surface area (Å²) in [5, 5.41) is 5.11. The summed E-state index contributed by atoms with van der Waals surface area (Å²) in [6, 6.07) is 27.5. The standard InChI is InChI=1S/C23H17NO2/c25-23(24-20-11-10-17-6-4-5-9-19(17)16-20)15-13-21-12-14-22(26-21)18-7-2-1-3-8-18/h1-16H,(H,24,25)/b15-13+. The van der Waals surface area contributed by atoms with Gasteiger partial charge in [0.1, 0.15) is 11.5 Å². The molecule has 0 radical (unpaired) electrons. The second kappa shape index (κ2) is 7.11. The van der Waals surface area contributed by atoms with Crippen molar-refractivity contribution in [1.82, 2.24) is 0 Å². The maximum Gasteiger partial charge on any atom is 0.248 e. The van der Waals surface area contributed by atoms with Gasteiger partial charge >= 0.3 is 0 Å². The number of hydrogen-bond acceptors (Lipinski definition) is 2. The molecule has 0 aliphatic rings. The van der Waals surface area contributed by atoms with E-state index in [-0.39, 0.29) is 5.91 Å². The minimum atomic E-state index is -0.196. The molecule has 0 bridgehead atoms. The molecule has 0 atom stereocenters. The molecule has 0 saturated heterocycles. The van der Waals surface area contributed by atoms with Crippen molar-refractivity contribution in [2.24, 2.45) is 0 Å². The van der Waals surface area contributed by atoms with Crippen LogP contribution in [-0.2, 0) is 4.79 Å². The van der Waals surface area contributed by atoms with Gasteiger partial charge in [-0.15, -0.1) is 0 Å². The molecule has 3 heteroatoms. The highest BCUT2D eigenvalue weighted by atomic mass is 16.3. The first-order chi connectivity index (χ1) is 12.8. The van der Waals surface area contributed by atoms with Crippen LogP contribution in [0.25, 0.3) is 28.2 Å². The highest BCUT2D eigenvalue weighted by Crippen LogP contribution is 2.22. The van der Waals surface area contributed by atoms with Crippen LogP contribution in [0.4, 0.5) is 5.69 Å². The first-order valence-electron chi connectivity index (χ1n) is 8.41. The van der Waals surface area contributed by atoms with Crippen LogP contribution >= 0.6 is 0 Å². The van der Waals surface area contributed by atoms with E-state index >= 15 is 0 Å². The number of carbonyl (C=O) groups is 1. The van der Waals surface area contributed by atoms with E-state index in [0.29, 0.717) is 5.76 Å². The molecule has 26 heavy (non-hydrogen) atoms. The summed E-state index contributed by atoms with van der Waals surface area (Å²) in [5.41, 5.74) is 1.77. The van der Waals surface area contributed by atoms with E-state index in [1.165, 1.54) is 6.08 Å². The Bertz CT molecular complexity index is 1080. The lowest BCUT2D eigenvalue weighted by molar-refractivity contribution is -0.111. The summed E-state index contributed by atoms with van der Waals surface area (Å²) >= 11 is 0. The zero-order valence-electron chi connectivity index (χ0n) is 14.1. The minimum absolute atomic E-state index is 0.196. The predicted octanol–water partition coefficient (Wildman–Crippen LogP) is 5.75. The summed E-state index contributed by atoms with van der Waals surface area (Å²) in [6.07, 6.45) is 3.14. The van der Waals surface area contributed by atoms with Gasteiger partial charge in [0, 0.05) is 17.3 Å². The molecule has 0 aliphatic carbocycles. The lowest BCUT2D eigenvalue weighted by Crippen LogP contribution is -2.07. The molecule has 4 rings (SSSR count). The molecular formula is C23H17NO2. The van der Waals surface area contributed by atoms with Crippen molar-refractivity contribution in [2.45, 2.75) is 0 Å². The Morgan fingerprint density at radius 2 is 1.58 bits per heavy atom. The maximum absolute atomic E-state index is 12.2. The fraction of sp³-hybridized carbons (Fsp3) is 0. The van der Waals surface area contributed by atoms with Crippen molar-refractivity contribution < 1.29 is 9.21 Å². The molecule has 0 saturated carbocycles. The molecular weight excluding hydrogens is 322 g/mol. The van der Waals surface area contributed by atoms with E-state index in [2.05, 4.69) is 5.32 Å². The van der Waals surface area contributed by atoms with Gasteiger partial charge in [0.25, 0.3) is 0 Å². The van der Waals surface area contributed by atoms with E-state index < -0.39 is 0 Å². The van der Waals surface area contributed by atoms with Gasteiger partial charge in [-0.3, -0.25) is 4.79 Å². The number of furan rings is 1. The van der Waals surface area contributed by atoms with Crippen LogP contribution in [0.2, 0.25) is 0 Å². The highest BCUT2D eigenvalue weighted by molar-refractivity contribution is 6.03. The van der Waals surface area contributed by atoms with Crippen molar-refractivity contribution >= 4 is 28.4 Å². The van der Waals surface area contributed by atoms with E-state index in [1.54, 1.807) is 6.08 Å². The molecule has 1 N–H and O–H groups in total. The van der Waals surface area contributed by atoms with E-state index in [0.717, 1.165) is 27.8 Å². The number of amides is 1. The van der Waals surface area contributed by atoms with Gasteiger partial charge in [0.15, 0.2) is 0 Å². The Kier molecular flexibility index (Phi) is 4.35. The average molecular weight is 339 g/mol. The third kappa shape index (κ3) is 3.57. The van der Waals surface area contributed by atoms with Crippen molar-refractivity contribution in [3.05, 3.63) is 96.8 Å². The number of hydrogen-bond donors (Lipinski definition) is 1. The second-order valence-electron chi connectivity index (χ2n) is 5.95. The third-order valence-electron chi connectivity index (χ3n) is 4.10. The molecule has 1 amide bonds. The summed E-state index contributed by atoms with van der Waals surface area (Å²) in [5.74, 6) is 1.22. The van der Waals surface area contributed by atoms with Crippen LogP contribution < -0.4 is 5.32 Å². The van der Waals surface area contributed by atoms with E-state index in [1.807, 2.05) is 84.9 Å². The van der Waals surface area contributed by atoms with Crippen molar-refractivity contribution in [1.29, 1.82) is 0 Å². The van der Waals surface area contributed by atoms with Crippen LogP contribution in [0.1, 0.15) is 5.76 Å². The van der Waals surface area contributed by atoms with E-state index in [9.17, 15) is 4.79 Å². The Morgan fingerprint density at radius 1 is 0.808 bits per heavy atom. The molecule has 3 aromatic carbocycles. The smallest absolute Gasteiger partial charge is 0.248 e.